The molecule has 0 aliphatic carbocycles. The van der Waals surface area contributed by atoms with E-state index in [-0.39, 0.29) is 5.41 Å². The van der Waals surface area contributed by atoms with Crippen molar-refractivity contribution in [1.82, 2.24) is 4.98 Å². The van der Waals surface area contributed by atoms with E-state index in [1.807, 2.05) is 24.3 Å². The molecule has 2 aromatic carbocycles. The predicted octanol–water partition coefficient (Wildman–Crippen LogP) is 7.45. The highest BCUT2D eigenvalue weighted by Crippen LogP contribution is 2.36. The highest BCUT2D eigenvalue weighted by atomic mass is 35.5. The van der Waals surface area contributed by atoms with Gasteiger partial charge in [0.15, 0.2) is 5.13 Å². The van der Waals surface area contributed by atoms with Gasteiger partial charge in [-0.1, -0.05) is 44.5 Å². The number of aromatic nitrogens is 1. The Hall–Kier alpha value is -2.05. The van der Waals surface area contributed by atoms with Crippen LogP contribution in [0, 0.1) is 0 Å². The summed E-state index contributed by atoms with van der Waals surface area (Å²) in [4.78, 5) is 5.84. The largest absolute Gasteiger partial charge is 0.416 e. The fraction of sp³-hybridized carbons (Fsp3) is 0.286. The van der Waals surface area contributed by atoms with Crippen LogP contribution in [0.4, 0.5) is 24.0 Å². The summed E-state index contributed by atoms with van der Waals surface area (Å²) in [5.74, 6) is 0. The second-order valence-electron chi connectivity index (χ2n) is 7.54. The highest BCUT2D eigenvalue weighted by molar-refractivity contribution is 7.15. The molecule has 148 valence electrons. The van der Waals surface area contributed by atoms with E-state index in [4.69, 9.17) is 16.6 Å². The molecule has 1 heterocycles. The molecule has 0 unspecified atom stereocenters. The predicted molar refractivity (Wildman–Crippen MR) is 110 cm³/mol. The molecule has 1 aromatic heterocycles. The third-order valence-corrected chi connectivity index (χ3v) is 5.37. The number of thiazole rings is 1. The van der Waals surface area contributed by atoms with Crippen molar-refractivity contribution >= 4 is 33.8 Å². The molecule has 0 saturated carbocycles. The third-order valence-electron chi connectivity index (χ3n) is 4.15. The second kappa shape index (κ2) is 7.76. The molecule has 0 radical (unpaired) electrons. The standard InChI is InChI=1S/C21H20ClF3N2S/c1-20(2,3)18-17(12-13-4-8-15(22)9-5-13)28-19(27-18)26-16-10-6-14(7-11-16)21(23,24)25/h4-11H,12H2,1-3H3,(H,26,27). The number of nitrogens with one attached hydrogen (secondary N) is 1. The van der Waals surface area contributed by atoms with E-state index in [0.717, 1.165) is 34.7 Å². The molecule has 2 nitrogen and oxygen atoms in total. The average Bonchev–Trinajstić information content (AvgIpc) is 2.99. The molecule has 1 N–H and O–H groups in total. The molecule has 0 aliphatic rings. The summed E-state index contributed by atoms with van der Waals surface area (Å²) < 4.78 is 38.2. The van der Waals surface area contributed by atoms with E-state index in [2.05, 4.69) is 26.1 Å². The first-order valence-electron chi connectivity index (χ1n) is 8.71. The Morgan fingerprint density at radius 3 is 2.11 bits per heavy atom. The number of anilines is 2. The molecule has 3 rings (SSSR count). The zero-order chi connectivity index (χ0) is 20.5. The molecule has 0 fully saturated rings. The van der Waals surface area contributed by atoms with Crippen molar-refractivity contribution in [1.29, 1.82) is 0 Å². The number of benzene rings is 2. The monoisotopic (exact) mass is 424 g/mol. The molecule has 0 bridgehead atoms. The number of nitrogens with zero attached hydrogens (tertiary/aromatic N) is 1. The van der Waals surface area contributed by atoms with Crippen molar-refractivity contribution in [3.05, 3.63) is 75.3 Å². The van der Waals surface area contributed by atoms with Crippen LogP contribution in [0.25, 0.3) is 0 Å². The van der Waals surface area contributed by atoms with Crippen LogP contribution in [0.3, 0.4) is 0 Å². The van der Waals surface area contributed by atoms with Gasteiger partial charge in [-0.15, -0.1) is 11.3 Å². The molecule has 0 amide bonds. The van der Waals surface area contributed by atoms with Gasteiger partial charge in [0.1, 0.15) is 0 Å². The summed E-state index contributed by atoms with van der Waals surface area (Å²) in [5.41, 5.74) is 1.84. The van der Waals surface area contributed by atoms with Crippen LogP contribution in [0.2, 0.25) is 5.02 Å². The number of halogens is 4. The lowest BCUT2D eigenvalue weighted by Crippen LogP contribution is -2.14. The van der Waals surface area contributed by atoms with Crippen molar-refractivity contribution in [2.45, 2.75) is 38.8 Å². The van der Waals surface area contributed by atoms with Gasteiger partial charge in [0.2, 0.25) is 0 Å². The van der Waals surface area contributed by atoms with Crippen LogP contribution in [0.1, 0.15) is 42.5 Å². The van der Waals surface area contributed by atoms with Gasteiger partial charge in [0, 0.05) is 27.4 Å². The molecule has 0 atom stereocenters. The lowest BCUT2D eigenvalue weighted by atomic mass is 9.90. The lowest BCUT2D eigenvalue weighted by Gasteiger charge is -2.17. The van der Waals surface area contributed by atoms with Crippen molar-refractivity contribution in [2.24, 2.45) is 0 Å². The van der Waals surface area contributed by atoms with Gasteiger partial charge in [0.05, 0.1) is 11.3 Å². The van der Waals surface area contributed by atoms with E-state index in [0.29, 0.717) is 15.8 Å². The Morgan fingerprint density at radius 2 is 1.57 bits per heavy atom. The second-order valence-corrected chi connectivity index (χ2v) is 9.06. The summed E-state index contributed by atoms with van der Waals surface area (Å²) >= 11 is 7.47. The van der Waals surface area contributed by atoms with Gasteiger partial charge in [-0.05, 0) is 42.0 Å². The molecular formula is C21H20ClF3N2S. The molecule has 7 heteroatoms. The molecule has 28 heavy (non-hydrogen) atoms. The Kier molecular flexibility index (Phi) is 5.73. The Balaban J connectivity index is 1.86. The first-order valence-corrected chi connectivity index (χ1v) is 9.91. The maximum absolute atomic E-state index is 12.7. The fourth-order valence-electron chi connectivity index (χ4n) is 2.76. The summed E-state index contributed by atoms with van der Waals surface area (Å²) in [7, 11) is 0. The van der Waals surface area contributed by atoms with Crippen LogP contribution in [0.15, 0.2) is 48.5 Å². The summed E-state index contributed by atoms with van der Waals surface area (Å²) in [5, 5.41) is 4.48. The molecule has 0 aliphatic heterocycles. The van der Waals surface area contributed by atoms with E-state index in [1.54, 1.807) is 0 Å². The van der Waals surface area contributed by atoms with E-state index >= 15 is 0 Å². The van der Waals surface area contributed by atoms with Crippen molar-refractivity contribution in [3.63, 3.8) is 0 Å². The number of alkyl halides is 3. The minimum absolute atomic E-state index is 0.154. The Bertz CT molecular complexity index is 940. The van der Waals surface area contributed by atoms with E-state index in [9.17, 15) is 13.2 Å². The molecule has 0 saturated heterocycles. The normalized spacial score (nSPS) is 12.2. The molecule has 0 spiro atoms. The van der Waals surface area contributed by atoms with Gasteiger partial charge in [-0.2, -0.15) is 13.2 Å². The fourth-order valence-corrected chi connectivity index (χ4v) is 4.12. The lowest BCUT2D eigenvalue weighted by molar-refractivity contribution is -0.137. The van der Waals surface area contributed by atoms with Crippen LogP contribution in [0.5, 0.6) is 0 Å². The van der Waals surface area contributed by atoms with Crippen LogP contribution < -0.4 is 5.32 Å². The first-order chi connectivity index (χ1) is 13.0. The summed E-state index contributed by atoms with van der Waals surface area (Å²) in [6, 6.07) is 12.6. The summed E-state index contributed by atoms with van der Waals surface area (Å²) in [6.07, 6.45) is -3.62. The maximum atomic E-state index is 12.7. The molecular weight excluding hydrogens is 405 g/mol. The minimum Gasteiger partial charge on any atom is -0.332 e. The minimum atomic E-state index is -4.34. The first kappa shape index (κ1) is 20.7. The van der Waals surface area contributed by atoms with Crippen LogP contribution in [-0.4, -0.2) is 4.98 Å². The van der Waals surface area contributed by atoms with Gasteiger partial charge >= 0.3 is 6.18 Å². The van der Waals surface area contributed by atoms with Crippen molar-refractivity contribution in [3.8, 4) is 0 Å². The van der Waals surface area contributed by atoms with Crippen molar-refractivity contribution < 1.29 is 13.2 Å². The zero-order valence-electron chi connectivity index (χ0n) is 15.7. The number of hydrogen-bond acceptors (Lipinski definition) is 3. The van der Waals surface area contributed by atoms with Gasteiger partial charge in [0.25, 0.3) is 0 Å². The Labute approximate surface area is 171 Å². The molecule has 3 aromatic rings. The number of rotatable bonds is 4. The van der Waals surface area contributed by atoms with Gasteiger partial charge < -0.3 is 5.32 Å². The highest BCUT2D eigenvalue weighted by Gasteiger charge is 2.30. The van der Waals surface area contributed by atoms with Crippen molar-refractivity contribution in [2.75, 3.05) is 5.32 Å². The van der Waals surface area contributed by atoms with Gasteiger partial charge in [-0.3, -0.25) is 0 Å². The quantitative estimate of drug-likeness (QED) is 0.470. The topological polar surface area (TPSA) is 24.9 Å². The number of hydrogen-bond donors (Lipinski definition) is 1. The summed E-state index contributed by atoms with van der Waals surface area (Å²) in [6.45, 7) is 6.28. The van der Waals surface area contributed by atoms with Crippen LogP contribution in [-0.2, 0) is 18.0 Å². The maximum Gasteiger partial charge on any atom is 0.416 e. The van der Waals surface area contributed by atoms with E-state index in [1.165, 1.54) is 23.5 Å². The van der Waals surface area contributed by atoms with Crippen LogP contribution >= 0.6 is 22.9 Å². The third kappa shape index (κ3) is 5.06. The SMILES string of the molecule is CC(C)(C)c1nc(Nc2ccc(C(F)(F)F)cc2)sc1Cc1ccc(Cl)cc1. The van der Waals surface area contributed by atoms with E-state index < -0.39 is 11.7 Å². The smallest absolute Gasteiger partial charge is 0.332 e. The Morgan fingerprint density at radius 1 is 0.964 bits per heavy atom. The zero-order valence-corrected chi connectivity index (χ0v) is 17.3. The van der Waals surface area contributed by atoms with Gasteiger partial charge in [-0.25, -0.2) is 4.98 Å². The average molecular weight is 425 g/mol.